The third kappa shape index (κ3) is 7.60. The normalized spacial score (nSPS) is 14.7. The first-order valence-corrected chi connectivity index (χ1v) is 10.2. The molecule has 2 aromatic rings. The minimum atomic E-state index is -0.0490. The van der Waals surface area contributed by atoms with Gasteiger partial charge in [-0.15, -0.1) is 24.0 Å². The zero-order chi connectivity index (χ0) is 20.5. The SMILES string of the molecule is CN=C(NCCc1ccc(NC(C)=O)cc1)N1CCN(Cc2ccccc2)CC1.I. The molecule has 1 fully saturated rings. The van der Waals surface area contributed by atoms with Crippen LogP contribution in [0.4, 0.5) is 5.69 Å². The van der Waals surface area contributed by atoms with Gasteiger partial charge in [-0.2, -0.15) is 0 Å². The van der Waals surface area contributed by atoms with Crippen LogP contribution in [0.3, 0.4) is 0 Å². The van der Waals surface area contributed by atoms with Gasteiger partial charge in [-0.25, -0.2) is 0 Å². The van der Waals surface area contributed by atoms with Gasteiger partial charge in [0, 0.05) is 58.9 Å². The van der Waals surface area contributed by atoms with Gasteiger partial charge in [-0.1, -0.05) is 42.5 Å². The van der Waals surface area contributed by atoms with E-state index < -0.39 is 0 Å². The second-order valence-electron chi connectivity index (χ2n) is 7.35. The number of rotatable bonds is 6. The smallest absolute Gasteiger partial charge is 0.221 e. The van der Waals surface area contributed by atoms with Crippen LogP contribution in [0.2, 0.25) is 0 Å². The van der Waals surface area contributed by atoms with Crippen LogP contribution in [0.15, 0.2) is 59.6 Å². The number of aliphatic imine (C=N–C) groups is 1. The molecule has 162 valence electrons. The van der Waals surface area contributed by atoms with Crippen LogP contribution in [0.1, 0.15) is 18.1 Å². The summed E-state index contributed by atoms with van der Waals surface area (Å²) in [5, 5.41) is 6.28. The van der Waals surface area contributed by atoms with Crippen LogP contribution in [-0.4, -0.2) is 61.4 Å². The van der Waals surface area contributed by atoms with Crippen molar-refractivity contribution in [1.82, 2.24) is 15.1 Å². The number of piperazine rings is 1. The van der Waals surface area contributed by atoms with Crippen LogP contribution in [0.5, 0.6) is 0 Å². The topological polar surface area (TPSA) is 60.0 Å². The van der Waals surface area contributed by atoms with Crippen molar-refractivity contribution >= 4 is 41.5 Å². The minimum absolute atomic E-state index is 0. The molecule has 1 amide bonds. The highest BCUT2D eigenvalue weighted by Gasteiger charge is 2.19. The molecule has 0 bridgehead atoms. The number of hydrogen-bond donors (Lipinski definition) is 2. The third-order valence-corrected chi connectivity index (χ3v) is 5.10. The second kappa shape index (κ2) is 12.5. The number of amides is 1. The van der Waals surface area contributed by atoms with E-state index in [1.807, 2.05) is 19.2 Å². The quantitative estimate of drug-likeness (QED) is 0.349. The molecule has 1 aliphatic heterocycles. The van der Waals surface area contributed by atoms with Crippen LogP contribution in [0, 0.1) is 0 Å². The lowest BCUT2D eigenvalue weighted by molar-refractivity contribution is -0.114. The van der Waals surface area contributed by atoms with Gasteiger partial charge >= 0.3 is 0 Å². The van der Waals surface area contributed by atoms with Gasteiger partial charge in [0.25, 0.3) is 0 Å². The maximum absolute atomic E-state index is 11.1. The summed E-state index contributed by atoms with van der Waals surface area (Å²) in [6, 6.07) is 18.6. The molecule has 30 heavy (non-hydrogen) atoms. The molecule has 6 nitrogen and oxygen atoms in total. The van der Waals surface area contributed by atoms with Gasteiger partial charge in [-0.05, 0) is 29.7 Å². The summed E-state index contributed by atoms with van der Waals surface area (Å²) in [7, 11) is 1.85. The molecular weight excluding hydrogens is 489 g/mol. The van der Waals surface area contributed by atoms with E-state index in [0.29, 0.717) is 0 Å². The number of guanidine groups is 1. The first kappa shape index (κ1) is 24.1. The molecule has 7 heteroatoms. The van der Waals surface area contributed by atoms with E-state index in [-0.39, 0.29) is 29.9 Å². The Balaban J connectivity index is 0.00000320. The Morgan fingerprint density at radius 3 is 2.23 bits per heavy atom. The Kier molecular flexibility index (Phi) is 10.1. The maximum atomic E-state index is 11.1. The number of anilines is 1. The number of nitrogens with one attached hydrogen (secondary N) is 2. The first-order chi connectivity index (χ1) is 14.1. The summed E-state index contributed by atoms with van der Waals surface area (Å²) in [6.45, 7) is 7.41. The molecule has 0 aromatic heterocycles. The predicted octanol–water partition coefficient (Wildman–Crippen LogP) is 3.20. The number of hydrogen-bond acceptors (Lipinski definition) is 3. The zero-order valence-electron chi connectivity index (χ0n) is 17.8. The van der Waals surface area contributed by atoms with E-state index in [0.717, 1.165) is 57.3 Å². The fourth-order valence-electron chi connectivity index (χ4n) is 3.57. The molecule has 1 saturated heterocycles. The summed E-state index contributed by atoms with van der Waals surface area (Å²) < 4.78 is 0. The molecule has 3 rings (SSSR count). The van der Waals surface area contributed by atoms with Crippen molar-refractivity contribution in [2.24, 2.45) is 4.99 Å². The van der Waals surface area contributed by atoms with Crippen molar-refractivity contribution in [3.05, 3.63) is 65.7 Å². The Morgan fingerprint density at radius 2 is 1.63 bits per heavy atom. The van der Waals surface area contributed by atoms with Crippen LogP contribution >= 0.6 is 24.0 Å². The molecule has 0 atom stereocenters. The Labute approximate surface area is 196 Å². The molecule has 0 unspecified atom stereocenters. The number of halogens is 1. The maximum Gasteiger partial charge on any atom is 0.221 e. The van der Waals surface area contributed by atoms with Gasteiger partial charge in [0.1, 0.15) is 0 Å². The summed E-state index contributed by atoms with van der Waals surface area (Å²) >= 11 is 0. The summed E-state index contributed by atoms with van der Waals surface area (Å²) in [5.74, 6) is 0.923. The molecule has 0 saturated carbocycles. The van der Waals surface area contributed by atoms with Gasteiger partial charge < -0.3 is 15.5 Å². The standard InChI is InChI=1S/C23H31N5O.HI/c1-19(29)26-22-10-8-20(9-11-22)12-13-25-23(24-2)28-16-14-27(15-17-28)18-21-6-4-3-5-7-21;/h3-11H,12-18H2,1-2H3,(H,24,25)(H,26,29);1H. The van der Waals surface area contributed by atoms with Gasteiger partial charge in [0.05, 0.1) is 0 Å². The molecule has 1 heterocycles. The van der Waals surface area contributed by atoms with Crippen molar-refractivity contribution in [3.8, 4) is 0 Å². The molecule has 2 N–H and O–H groups in total. The van der Waals surface area contributed by atoms with Crippen molar-refractivity contribution in [2.75, 3.05) is 45.1 Å². The highest BCUT2D eigenvalue weighted by molar-refractivity contribution is 14.0. The van der Waals surface area contributed by atoms with E-state index in [1.165, 1.54) is 18.1 Å². The van der Waals surface area contributed by atoms with Gasteiger partial charge in [0.15, 0.2) is 5.96 Å². The highest BCUT2D eigenvalue weighted by atomic mass is 127. The molecule has 0 spiro atoms. The zero-order valence-corrected chi connectivity index (χ0v) is 20.1. The van der Waals surface area contributed by atoms with E-state index in [2.05, 4.69) is 67.9 Å². The Morgan fingerprint density at radius 1 is 0.967 bits per heavy atom. The average molecular weight is 521 g/mol. The summed E-state index contributed by atoms with van der Waals surface area (Å²) in [6.07, 6.45) is 0.910. The predicted molar refractivity (Wildman–Crippen MR) is 135 cm³/mol. The molecule has 2 aromatic carbocycles. The van der Waals surface area contributed by atoms with Gasteiger partial charge in [0.2, 0.25) is 5.91 Å². The molecule has 0 aliphatic carbocycles. The van der Waals surface area contributed by atoms with Gasteiger partial charge in [-0.3, -0.25) is 14.7 Å². The second-order valence-corrected chi connectivity index (χ2v) is 7.35. The van der Waals surface area contributed by atoms with Crippen molar-refractivity contribution < 1.29 is 4.79 Å². The molecule has 0 radical (unpaired) electrons. The van der Waals surface area contributed by atoms with E-state index in [4.69, 9.17) is 0 Å². The van der Waals surface area contributed by atoms with Crippen molar-refractivity contribution in [3.63, 3.8) is 0 Å². The Bertz CT molecular complexity index is 802. The lowest BCUT2D eigenvalue weighted by Gasteiger charge is -2.36. The summed E-state index contributed by atoms with van der Waals surface area (Å²) in [5.41, 5.74) is 3.43. The van der Waals surface area contributed by atoms with E-state index >= 15 is 0 Å². The van der Waals surface area contributed by atoms with Crippen LogP contribution < -0.4 is 10.6 Å². The number of carbonyl (C=O) groups is 1. The lowest BCUT2D eigenvalue weighted by Crippen LogP contribution is -2.52. The van der Waals surface area contributed by atoms with Crippen molar-refractivity contribution in [2.45, 2.75) is 19.9 Å². The number of nitrogens with zero attached hydrogens (tertiary/aromatic N) is 3. The minimum Gasteiger partial charge on any atom is -0.356 e. The largest absolute Gasteiger partial charge is 0.356 e. The summed E-state index contributed by atoms with van der Waals surface area (Å²) in [4.78, 5) is 20.4. The fourth-order valence-corrected chi connectivity index (χ4v) is 3.57. The van der Waals surface area contributed by atoms with E-state index in [9.17, 15) is 4.79 Å². The number of benzene rings is 2. The van der Waals surface area contributed by atoms with Crippen LogP contribution in [-0.2, 0) is 17.8 Å². The Hall–Kier alpha value is -2.13. The van der Waals surface area contributed by atoms with Crippen molar-refractivity contribution in [1.29, 1.82) is 0 Å². The highest BCUT2D eigenvalue weighted by Crippen LogP contribution is 2.11. The first-order valence-electron chi connectivity index (χ1n) is 10.2. The molecular formula is C23H32IN5O. The molecule has 1 aliphatic rings. The average Bonchev–Trinajstić information content (AvgIpc) is 2.74. The van der Waals surface area contributed by atoms with Crippen LogP contribution in [0.25, 0.3) is 0 Å². The van der Waals surface area contributed by atoms with E-state index in [1.54, 1.807) is 0 Å². The number of carbonyl (C=O) groups excluding carboxylic acids is 1. The monoisotopic (exact) mass is 521 g/mol. The fraction of sp³-hybridized carbons (Fsp3) is 0.391. The third-order valence-electron chi connectivity index (χ3n) is 5.10. The lowest BCUT2D eigenvalue weighted by atomic mass is 10.1.